The Bertz CT molecular complexity index is 715. The third kappa shape index (κ3) is 4.69. The summed E-state index contributed by atoms with van der Waals surface area (Å²) in [6.45, 7) is 5.05. The zero-order chi connectivity index (χ0) is 18.5. The summed E-state index contributed by atoms with van der Waals surface area (Å²) in [4.78, 5) is 16.4. The molecule has 0 saturated carbocycles. The summed E-state index contributed by atoms with van der Waals surface area (Å²) in [5, 5.41) is 7.17. The van der Waals surface area contributed by atoms with Crippen LogP contribution in [0.4, 0.5) is 0 Å². The topological polar surface area (TPSA) is 61.5 Å². The number of piperidine rings is 1. The minimum absolute atomic E-state index is 0.0942. The molecule has 144 valence electrons. The van der Waals surface area contributed by atoms with Crippen molar-refractivity contribution in [2.45, 2.75) is 38.1 Å². The van der Waals surface area contributed by atoms with E-state index in [0.29, 0.717) is 5.92 Å². The van der Waals surface area contributed by atoms with Crippen molar-refractivity contribution < 1.29 is 9.53 Å². The minimum atomic E-state index is 0.0942. The van der Waals surface area contributed by atoms with Gasteiger partial charge in [-0.25, -0.2) is 0 Å². The first kappa shape index (κ1) is 18.0. The molecule has 1 N–H and O–H groups in total. The molecule has 3 heterocycles. The molecule has 27 heavy (non-hydrogen) atoms. The van der Waals surface area contributed by atoms with Gasteiger partial charge in [-0.2, -0.15) is 5.10 Å². The van der Waals surface area contributed by atoms with Gasteiger partial charge in [-0.3, -0.25) is 14.8 Å². The molecule has 0 radical (unpaired) electrons. The van der Waals surface area contributed by atoms with Crippen molar-refractivity contribution in [1.29, 1.82) is 0 Å². The Hall–Kier alpha value is -2.34. The molecular formula is C21H28N4O2. The molecule has 0 unspecified atom stereocenters. The zero-order valence-electron chi connectivity index (χ0n) is 15.8. The van der Waals surface area contributed by atoms with E-state index in [9.17, 15) is 4.79 Å². The molecule has 1 aromatic carbocycles. The van der Waals surface area contributed by atoms with Crippen molar-refractivity contribution in [2.24, 2.45) is 0 Å². The summed E-state index contributed by atoms with van der Waals surface area (Å²) in [6.07, 6.45) is 6.40. The fraction of sp³-hybridized carbons (Fsp3) is 0.524. The van der Waals surface area contributed by atoms with Crippen molar-refractivity contribution in [3.8, 4) is 5.75 Å². The zero-order valence-corrected chi connectivity index (χ0v) is 15.8. The first-order valence-corrected chi connectivity index (χ1v) is 9.99. The molecule has 2 aliphatic rings. The van der Waals surface area contributed by atoms with E-state index in [1.54, 1.807) is 0 Å². The summed E-state index contributed by atoms with van der Waals surface area (Å²) in [6, 6.07) is 10.3. The number of nitrogens with one attached hydrogen (secondary N) is 1. The molecule has 2 saturated heterocycles. The van der Waals surface area contributed by atoms with Crippen LogP contribution in [-0.2, 0) is 11.3 Å². The lowest BCUT2D eigenvalue weighted by atomic mass is 9.93. The number of carbonyl (C=O) groups excluding carboxylic acids is 1. The van der Waals surface area contributed by atoms with Gasteiger partial charge in [0.05, 0.1) is 0 Å². The number of hydrogen-bond acceptors (Lipinski definition) is 4. The maximum absolute atomic E-state index is 12.0. The molecule has 1 aromatic heterocycles. The van der Waals surface area contributed by atoms with E-state index < -0.39 is 0 Å². The van der Waals surface area contributed by atoms with Crippen molar-refractivity contribution in [3.05, 3.63) is 47.8 Å². The van der Waals surface area contributed by atoms with Gasteiger partial charge in [0.1, 0.15) is 5.75 Å². The van der Waals surface area contributed by atoms with Crippen LogP contribution >= 0.6 is 0 Å². The Kier molecular flexibility index (Phi) is 5.72. The number of likely N-dealkylation sites (tertiary alicyclic amines) is 2. The number of aromatic nitrogens is 2. The molecule has 0 atom stereocenters. The number of aromatic amines is 1. The van der Waals surface area contributed by atoms with Crippen LogP contribution in [0.5, 0.6) is 5.75 Å². The summed E-state index contributed by atoms with van der Waals surface area (Å²) >= 11 is 0. The third-order valence-electron chi connectivity index (χ3n) is 5.70. The Balaban J connectivity index is 1.22. The largest absolute Gasteiger partial charge is 0.484 e. The van der Waals surface area contributed by atoms with E-state index in [1.807, 2.05) is 23.2 Å². The van der Waals surface area contributed by atoms with Crippen LogP contribution in [0.2, 0.25) is 0 Å². The number of ether oxygens (including phenoxy) is 1. The van der Waals surface area contributed by atoms with Gasteiger partial charge in [0, 0.05) is 37.4 Å². The first-order valence-electron chi connectivity index (χ1n) is 9.99. The minimum Gasteiger partial charge on any atom is -0.484 e. The van der Waals surface area contributed by atoms with Gasteiger partial charge in [0.25, 0.3) is 5.91 Å². The maximum atomic E-state index is 12.0. The fourth-order valence-corrected chi connectivity index (χ4v) is 4.05. The molecule has 2 aliphatic heterocycles. The molecule has 1 amide bonds. The second kappa shape index (κ2) is 8.57. The van der Waals surface area contributed by atoms with Gasteiger partial charge >= 0.3 is 0 Å². The van der Waals surface area contributed by atoms with Crippen molar-refractivity contribution in [2.75, 3.05) is 32.8 Å². The highest BCUT2D eigenvalue weighted by Gasteiger charge is 2.21. The van der Waals surface area contributed by atoms with Crippen LogP contribution in [0.25, 0.3) is 0 Å². The molecule has 4 rings (SSSR count). The summed E-state index contributed by atoms with van der Waals surface area (Å²) in [5.41, 5.74) is 2.55. The Morgan fingerprint density at radius 2 is 1.81 bits per heavy atom. The molecule has 6 nitrogen and oxygen atoms in total. The van der Waals surface area contributed by atoms with Gasteiger partial charge in [-0.15, -0.1) is 0 Å². The second-order valence-corrected chi connectivity index (χ2v) is 7.58. The van der Waals surface area contributed by atoms with E-state index in [1.165, 1.54) is 24.1 Å². The highest BCUT2D eigenvalue weighted by Crippen LogP contribution is 2.27. The third-order valence-corrected chi connectivity index (χ3v) is 5.70. The van der Waals surface area contributed by atoms with Gasteiger partial charge in [-0.05, 0) is 62.5 Å². The second-order valence-electron chi connectivity index (χ2n) is 7.58. The predicted octanol–water partition coefficient (Wildman–Crippen LogP) is 2.79. The molecule has 2 fully saturated rings. The molecular weight excluding hydrogens is 340 g/mol. The number of nitrogens with zero attached hydrogens (tertiary/aromatic N) is 3. The average molecular weight is 368 g/mol. The van der Waals surface area contributed by atoms with Gasteiger partial charge in [0.2, 0.25) is 0 Å². The van der Waals surface area contributed by atoms with Crippen LogP contribution in [-0.4, -0.2) is 58.7 Å². The fourth-order valence-electron chi connectivity index (χ4n) is 4.05. The number of hydrogen-bond donors (Lipinski definition) is 1. The van der Waals surface area contributed by atoms with E-state index in [4.69, 9.17) is 4.74 Å². The van der Waals surface area contributed by atoms with Crippen molar-refractivity contribution in [3.63, 3.8) is 0 Å². The van der Waals surface area contributed by atoms with Gasteiger partial charge in [-0.1, -0.05) is 12.1 Å². The lowest BCUT2D eigenvalue weighted by Crippen LogP contribution is -2.32. The molecule has 0 spiro atoms. The van der Waals surface area contributed by atoms with E-state index >= 15 is 0 Å². The highest BCUT2D eigenvalue weighted by molar-refractivity contribution is 5.78. The quantitative estimate of drug-likeness (QED) is 0.852. The Morgan fingerprint density at radius 1 is 1.07 bits per heavy atom. The van der Waals surface area contributed by atoms with Crippen LogP contribution in [0, 0.1) is 0 Å². The predicted molar refractivity (Wildman–Crippen MR) is 104 cm³/mol. The average Bonchev–Trinajstić information content (AvgIpc) is 3.42. The molecule has 0 bridgehead atoms. The lowest BCUT2D eigenvalue weighted by molar-refractivity contribution is -0.132. The van der Waals surface area contributed by atoms with E-state index in [0.717, 1.165) is 51.3 Å². The summed E-state index contributed by atoms with van der Waals surface area (Å²) in [5.74, 6) is 1.47. The van der Waals surface area contributed by atoms with E-state index in [-0.39, 0.29) is 12.5 Å². The Morgan fingerprint density at radius 3 is 2.48 bits per heavy atom. The van der Waals surface area contributed by atoms with Gasteiger partial charge < -0.3 is 9.64 Å². The maximum Gasteiger partial charge on any atom is 0.260 e. The standard InChI is InChI=1S/C21H28N4O2/c26-21(25-11-1-2-12-25)16-27-19-5-3-17(4-6-19)15-24-13-8-18(9-14-24)20-7-10-22-23-20/h3-7,10,18H,1-2,8-9,11-16H2,(H,22,23). The number of carbonyl (C=O) groups is 1. The van der Waals surface area contributed by atoms with Gasteiger partial charge in [0.15, 0.2) is 6.61 Å². The smallest absolute Gasteiger partial charge is 0.260 e. The number of H-pyrrole nitrogens is 1. The monoisotopic (exact) mass is 368 g/mol. The normalized spacial score (nSPS) is 18.7. The summed E-state index contributed by atoms with van der Waals surface area (Å²) in [7, 11) is 0. The summed E-state index contributed by atoms with van der Waals surface area (Å²) < 4.78 is 5.67. The SMILES string of the molecule is O=C(COc1ccc(CN2CCC(c3ccn[nH]3)CC2)cc1)N1CCCC1. The van der Waals surface area contributed by atoms with Crippen LogP contribution in [0.3, 0.4) is 0 Å². The van der Waals surface area contributed by atoms with E-state index in [2.05, 4.69) is 33.3 Å². The molecule has 6 heteroatoms. The highest BCUT2D eigenvalue weighted by atomic mass is 16.5. The Labute approximate surface area is 160 Å². The molecule has 0 aliphatic carbocycles. The van der Waals surface area contributed by atoms with Crippen LogP contribution < -0.4 is 4.74 Å². The number of rotatable bonds is 6. The van der Waals surface area contributed by atoms with Crippen LogP contribution in [0.15, 0.2) is 36.5 Å². The number of benzene rings is 1. The van der Waals surface area contributed by atoms with Crippen molar-refractivity contribution >= 4 is 5.91 Å². The molecule has 2 aromatic rings. The lowest BCUT2D eigenvalue weighted by Gasteiger charge is -2.31. The van der Waals surface area contributed by atoms with Crippen LogP contribution in [0.1, 0.15) is 42.9 Å². The van der Waals surface area contributed by atoms with Crippen molar-refractivity contribution in [1.82, 2.24) is 20.0 Å². The first-order chi connectivity index (χ1) is 13.3. The number of amides is 1.